The Bertz CT molecular complexity index is 620. The summed E-state index contributed by atoms with van der Waals surface area (Å²) in [6, 6.07) is 18.4. The summed E-state index contributed by atoms with van der Waals surface area (Å²) in [7, 11) is 0. The first kappa shape index (κ1) is 15.1. The predicted molar refractivity (Wildman–Crippen MR) is 84.4 cm³/mol. The molecule has 0 aliphatic heterocycles. The molecule has 0 spiro atoms. The molecule has 2 N–H and O–H groups in total. The zero-order valence-corrected chi connectivity index (χ0v) is 11.6. The maximum atomic E-state index is 11.5. The van der Waals surface area contributed by atoms with Gasteiger partial charge in [0.1, 0.15) is 0 Å². The summed E-state index contributed by atoms with van der Waals surface area (Å²) in [5.74, 6) is -1.78. The minimum Gasteiger partial charge on any atom is -0.262 e. The number of benzene rings is 2. The van der Waals surface area contributed by atoms with Crippen molar-refractivity contribution in [2.45, 2.75) is 0 Å². The monoisotopic (exact) mass is 294 g/mol. The number of hydrazone groups is 2. The van der Waals surface area contributed by atoms with E-state index >= 15 is 0 Å². The molecular weight excluding hydrogens is 280 g/mol. The van der Waals surface area contributed by atoms with Crippen molar-refractivity contribution in [3.8, 4) is 0 Å². The van der Waals surface area contributed by atoms with Gasteiger partial charge < -0.3 is 0 Å². The third kappa shape index (κ3) is 5.01. The first-order valence-corrected chi connectivity index (χ1v) is 6.52. The summed E-state index contributed by atoms with van der Waals surface area (Å²) in [5, 5.41) is 7.38. The van der Waals surface area contributed by atoms with Crippen molar-refractivity contribution in [2.75, 3.05) is 0 Å². The lowest BCUT2D eigenvalue weighted by Crippen LogP contribution is -2.35. The van der Waals surface area contributed by atoms with Gasteiger partial charge in [-0.3, -0.25) is 9.59 Å². The van der Waals surface area contributed by atoms with E-state index in [0.29, 0.717) is 0 Å². The van der Waals surface area contributed by atoms with Crippen molar-refractivity contribution in [3.05, 3.63) is 71.8 Å². The van der Waals surface area contributed by atoms with Crippen molar-refractivity contribution < 1.29 is 9.59 Å². The minimum absolute atomic E-state index is 0.810. The largest absolute Gasteiger partial charge is 0.331 e. The van der Waals surface area contributed by atoms with E-state index < -0.39 is 11.8 Å². The second-order valence-electron chi connectivity index (χ2n) is 4.22. The van der Waals surface area contributed by atoms with Gasteiger partial charge in [0.2, 0.25) is 0 Å². The maximum absolute atomic E-state index is 11.5. The predicted octanol–water partition coefficient (Wildman–Crippen LogP) is 1.29. The van der Waals surface area contributed by atoms with Gasteiger partial charge in [0.25, 0.3) is 0 Å². The highest BCUT2D eigenvalue weighted by Gasteiger charge is 2.10. The van der Waals surface area contributed by atoms with Crippen LogP contribution in [0, 0.1) is 0 Å². The van der Waals surface area contributed by atoms with E-state index in [2.05, 4.69) is 21.1 Å². The zero-order chi connectivity index (χ0) is 15.6. The molecule has 110 valence electrons. The van der Waals surface area contributed by atoms with Crippen LogP contribution in [0.5, 0.6) is 0 Å². The lowest BCUT2D eigenvalue weighted by Gasteiger charge is -1.98. The Kier molecular flexibility index (Phi) is 5.57. The van der Waals surface area contributed by atoms with Gasteiger partial charge in [-0.05, 0) is 11.1 Å². The van der Waals surface area contributed by atoms with Crippen LogP contribution in [0.25, 0.3) is 0 Å². The van der Waals surface area contributed by atoms with Crippen LogP contribution >= 0.6 is 0 Å². The van der Waals surface area contributed by atoms with Crippen LogP contribution in [0.1, 0.15) is 11.1 Å². The second-order valence-corrected chi connectivity index (χ2v) is 4.22. The van der Waals surface area contributed by atoms with Crippen molar-refractivity contribution in [1.82, 2.24) is 10.9 Å². The zero-order valence-electron chi connectivity index (χ0n) is 11.6. The van der Waals surface area contributed by atoms with Gasteiger partial charge in [-0.1, -0.05) is 60.7 Å². The van der Waals surface area contributed by atoms with Crippen LogP contribution in [0.4, 0.5) is 0 Å². The summed E-state index contributed by atoms with van der Waals surface area (Å²) < 4.78 is 0. The van der Waals surface area contributed by atoms with Gasteiger partial charge >= 0.3 is 11.8 Å². The molecule has 0 radical (unpaired) electrons. The minimum atomic E-state index is -0.891. The van der Waals surface area contributed by atoms with E-state index in [1.807, 2.05) is 60.7 Å². The standard InChI is InChI=1S/C16H14N4O2/c21-15(19-17-11-13-7-3-1-4-8-13)16(22)20-18-12-14-9-5-2-6-10-14/h1-12H,(H,19,21)(H,20,22)/b17-11+,18-12+. The SMILES string of the molecule is O=C(N/N=C/c1ccccc1)C(=O)N/N=C/c1ccccc1. The van der Waals surface area contributed by atoms with Crippen molar-refractivity contribution >= 4 is 24.2 Å². The molecule has 0 aliphatic rings. The van der Waals surface area contributed by atoms with Crippen LogP contribution in [0.3, 0.4) is 0 Å². The lowest BCUT2D eigenvalue weighted by molar-refractivity contribution is -0.139. The third-order valence-corrected chi connectivity index (χ3v) is 2.56. The molecule has 2 amide bonds. The Labute approximate surface area is 127 Å². The number of hydrogen-bond donors (Lipinski definition) is 2. The van der Waals surface area contributed by atoms with Gasteiger partial charge in [-0.25, -0.2) is 10.9 Å². The molecule has 0 atom stereocenters. The summed E-state index contributed by atoms with van der Waals surface area (Å²) in [5.41, 5.74) is 5.87. The van der Waals surface area contributed by atoms with Crippen molar-refractivity contribution in [1.29, 1.82) is 0 Å². The van der Waals surface area contributed by atoms with Crippen LogP contribution in [0.15, 0.2) is 70.9 Å². The molecule has 0 aliphatic carbocycles. The number of rotatable bonds is 4. The lowest BCUT2D eigenvalue weighted by atomic mass is 10.2. The molecule has 6 nitrogen and oxygen atoms in total. The Morgan fingerprint density at radius 3 is 1.41 bits per heavy atom. The fourth-order valence-electron chi connectivity index (χ4n) is 1.51. The smallest absolute Gasteiger partial charge is 0.262 e. The number of hydrogen-bond acceptors (Lipinski definition) is 4. The molecule has 0 fully saturated rings. The van der Waals surface area contributed by atoms with Crippen molar-refractivity contribution in [2.24, 2.45) is 10.2 Å². The molecular formula is C16H14N4O2. The molecule has 6 heteroatoms. The van der Waals surface area contributed by atoms with Crippen molar-refractivity contribution in [3.63, 3.8) is 0 Å². The van der Waals surface area contributed by atoms with E-state index in [-0.39, 0.29) is 0 Å². The summed E-state index contributed by atoms with van der Waals surface area (Å²) >= 11 is 0. The fourth-order valence-corrected chi connectivity index (χ4v) is 1.51. The Morgan fingerprint density at radius 1 is 0.682 bits per heavy atom. The molecule has 0 heterocycles. The molecule has 0 saturated heterocycles. The number of nitrogens with zero attached hydrogens (tertiary/aromatic N) is 2. The average molecular weight is 294 g/mol. The first-order chi connectivity index (χ1) is 10.8. The second kappa shape index (κ2) is 8.11. The normalized spacial score (nSPS) is 10.7. The molecule has 2 aromatic rings. The molecule has 22 heavy (non-hydrogen) atoms. The Balaban J connectivity index is 1.79. The van der Waals surface area contributed by atoms with Gasteiger partial charge in [-0.2, -0.15) is 10.2 Å². The van der Waals surface area contributed by atoms with Gasteiger partial charge in [-0.15, -0.1) is 0 Å². The maximum Gasteiger partial charge on any atom is 0.331 e. The summed E-state index contributed by atoms with van der Waals surface area (Å²) in [6.07, 6.45) is 2.89. The fraction of sp³-hybridized carbons (Fsp3) is 0. The molecule has 0 unspecified atom stereocenters. The van der Waals surface area contributed by atoms with Crippen LogP contribution < -0.4 is 10.9 Å². The molecule has 0 saturated carbocycles. The summed E-state index contributed by atoms with van der Waals surface area (Å²) in [6.45, 7) is 0. The van der Waals surface area contributed by atoms with Crippen LogP contribution in [-0.2, 0) is 9.59 Å². The van der Waals surface area contributed by atoms with Gasteiger partial charge in [0.15, 0.2) is 0 Å². The highest BCUT2D eigenvalue weighted by atomic mass is 16.2. The molecule has 0 bridgehead atoms. The topological polar surface area (TPSA) is 82.9 Å². The molecule has 0 aromatic heterocycles. The number of carbonyl (C=O) groups excluding carboxylic acids is 2. The third-order valence-electron chi connectivity index (χ3n) is 2.56. The van der Waals surface area contributed by atoms with E-state index in [1.165, 1.54) is 12.4 Å². The number of nitrogens with one attached hydrogen (secondary N) is 2. The van der Waals surface area contributed by atoms with E-state index in [4.69, 9.17) is 0 Å². The Hall–Kier alpha value is -3.28. The first-order valence-electron chi connectivity index (χ1n) is 6.52. The molecule has 2 aromatic carbocycles. The van der Waals surface area contributed by atoms with Crippen LogP contribution in [-0.4, -0.2) is 24.2 Å². The van der Waals surface area contributed by atoms with E-state index in [0.717, 1.165) is 11.1 Å². The van der Waals surface area contributed by atoms with E-state index in [1.54, 1.807) is 0 Å². The Morgan fingerprint density at radius 2 is 1.05 bits per heavy atom. The summed E-state index contributed by atoms with van der Waals surface area (Å²) in [4.78, 5) is 22.9. The number of amides is 2. The highest BCUT2D eigenvalue weighted by molar-refractivity contribution is 6.35. The average Bonchev–Trinajstić information content (AvgIpc) is 2.56. The number of carbonyl (C=O) groups is 2. The van der Waals surface area contributed by atoms with Gasteiger partial charge in [0, 0.05) is 0 Å². The molecule has 2 rings (SSSR count). The highest BCUT2D eigenvalue weighted by Crippen LogP contribution is 1.94. The van der Waals surface area contributed by atoms with E-state index in [9.17, 15) is 9.59 Å². The van der Waals surface area contributed by atoms with Gasteiger partial charge in [0.05, 0.1) is 12.4 Å². The quantitative estimate of drug-likeness (QED) is 0.506. The van der Waals surface area contributed by atoms with Crippen LogP contribution in [0.2, 0.25) is 0 Å².